The molecule has 0 N–H and O–H groups in total. The molecule has 0 aliphatic heterocycles. The monoisotopic (exact) mass is 228 g/mol. The maximum atomic E-state index is 10.7. The number of nitrogens with zero attached hydrogens (tertiary/aromatic N) is 2. The Morgan fingerprint density at radius 1 is 1.18 bits per heavy atom. The van der Waals surface area contributed by atoms with E-state index in [0.717, 1.165) is 36.1 Å². The lowest BCUT2D eigenvalue weighted by molar-refractivity contribution is 0.112. The highest BCUT2D eigenvalue weighted by molar-refractivity contribution is 5.87. The molecule has 2 aromatic rings. The molecule has 2 rings (SSSR count). The van der Waals surface area contributed by atoms with E-state index < -0.39 is 0 Å². The summed E-state index contributed by atoms with van der Waals surface area (Å²) in [5.74, 6) is 0.987. The van der Waals surface area contributed by atoms with Crippen LogP contribution >= 0.6 is 0 Å². The van der Waals surface area contributed by atoms with Gasteiger partial charge >= 0.3 is 0 Å². The summed E-state index contributed by atoms with van der Waals surface area (Å²) in [7, 11) is 0. The van der Waals surface area contributed by atoms with Crippen LogP contribution < -0.4 is 4.90 Å². The number of anilines is 1. The van der Waals surface area contributed by atoms with E-state index in [1.807, 2.05) is 24.3 Å². The molecule has 3 nitrogen and oxygen atoms in total. The van der Waals surface area contributed by atoms with Crippen LogP contribution in [0.4, 0.5) is 5.82 Å². The Morgan fingerprint density at radius 3 is 2.59 bits per heavy atom. The van der Waals surface area contributed by atoms with E-state index in [1.54, 1.807) is 6.07 Å². The van der Waals surface area contributed by atoms with Crippen LogP contribution in [-0.2, 0) is 0 Å². The van der Waals surface area contributed by atoms with Gasteiger partial charge in [0.2, 0.25) is 0 Å². The van der Waals surface area contributed by atoms with E-state index in [4.69, 9.17) is 0 Å². The fraction of sp³-hybridized carbons (Fsp3) is 0.286. The number of hydrogen-bond acceptors (Lipinski definition) is 3. The lowest BCUT2D eigenvalue weighted by Crippen LogP contribution is -2.22. The van der Waals surface area contributed by atoms with Crippen molar-refractivity contribution in [2.24, 2.45) is 0 Å². The first kappa shape index (κ1) is 11.6. The molecular formula is C14H16N2O. The van der Waals surface area contributed by atoms with Crippen LogP contribution in [0.3, 0.4) is 0 Å². The van der Waals surface area contributed by atoms with E-state index in [0.29, 0.717) is 5.56 Å². The Hall–Kier alpha value is -1.90. The molecule has 88 valence electrons. The zero-order chi connectivity index (χ0) is 12.3. The minimum atomic E-state index is 0.690. The Bertz CT molecular complexity index is 533. The van der Waals surface area contributed by atoms with Gasteiger partial charge in [0.25, 0.3) is 0 Å². The predicted octanol–water partition coefficient (Wildman–Crippen LogP) is 2.89. The molecule has 1 aromatic heterocycles. The summed E-state index contributed by atoms with van der Waals surface area (Å²) >= 11 is 0. The number of fused-ring (bicyclic) bond motifs is 1. The average Bonchev–Trinajstić information content (AvgIpc) is 2.39. The highest BCUT2D eigenvalue weighted by atomic mass is 16.1. The van der Waals surface area contributed by atoms with Gasteiger partial charge in [-0.05, 0) is 44.2 Å². The smallest absolute Gasteiger partial charge is 0.150 e. The molecule has 3 heteroatoms. The molecule has 0 aliphatic rings. The fourth-order valence-corrected chi connectivity index (χ4v) is 1.93. The number of carbonyl (C=O) groups excluding carboxylic acids is 1. The molecule has 0 saturated carbocycles. The maximum Gasteiger partial charge on any atom is 0.150 e. The SMILES string of the molecule is CCN(CC)c1ccc2cc(C=O)ccc2n1. The van der Waals surface area contributed by atoms with Gasteiger partial charge in [-0.2, -0.15) is 0 Å². The molecule has 1 heterocycles. The van der Waals surface area contributed by atoms with Crippen molar-refractivity contribution in [2.75, 3.05) is 18.0 Å². The van der Waals surface area contributed by atoms with Gasteiger partial charge in [0.15, 0.2) is 0 Å². The van der Waals surface area contributed by atoms with E-state index in [9.17, 15) is 4.79 Å². The molecular weight excluding hydrogens is 212 g/mol. The largest absolute Gasteiger partial charge is 0.357 e. The number of benzene rings is 1. The summed E-state index contributed by atoms with van der Waals surface area (Å²) in [5.41, 5.74) is 1.62. The number of pyridine rings is 1. The highest BCUT2D eigenvalue weighted by Gasteiger charge is 2.04. The van der Waals surface area contributed by atoms with Crippen molar-refractivity contribution in [3.63, 3.8) is 0 Å². The molecule has 1 aromatic carbocycles. The standard InChI is InChI=1S/C14H16N2O/c1-3-16(4-2)14-8-6-12-9-11(10-17)5-7-13(12)15-14/h5-10H,3-4H2,1-2H3. The van der Waals surface area contributed by atoms with Gasteiger partial charge in [-0.3, -0.25) is 4.79 Å². The summed E-state index contributed by atoms with van der Waals surface area (Å²) < 4.78 is 0. The second-order valence-electron chi connectivity index (χ2n) is 3.91. The minimum absolute atomic E-state index is 0.690. The van der Waals surface area contributed by atoms with Crippen molar-refractivity contribution in [1.82, 2.24) is 4.98 Å². The van der Waals surface area contributed by atoms with Gasteiger partial charge in [0, 0.05) is 24.0 Å². The summed E-state index contributed by atoms with van der Waals surface area (Å²) in [6.07, 6.45) is 0.859. The number of hydrogen-bond donors (Lipinski definition) is 0. The summed E-state index contributed by atoms with van der Waals surface area (Å²) in [6, 6.07) is 9.58. The first-order valence-electron chi connectivity index (χ1n) is 5.89. The Balaban J connectivity index is 2.47. The molecule has 0 atom stereocenters. The van der Waals surface area contributed by atoms with Crippen LogP contribution in [0.15, 0.2) is 30.3 Å². The van der Waals surface area contributed by atoms with E-state index in [2.05, 4.69) is 23.7 Å². The van der Waals surface area contributed by atoms with Gasteiger partial charge in [-0.15, -0.1) is 0 Å². The van der Waals surface area contributed by atoms with Gasteiger partial charge in [0.1, 0.15) is 12.1 Å². The molecule has 0 radical (unpaired) electrons. The van der Waals surface area contributed by atoms with Crippen molar-refractivity contribution >= 4 is 23.0 Å². The zero-order valence-corrected chi connectivity index (χ0v) is 10.2. The van der Waals surface area contributed by atoms with E-state index >= 15 is 0 Å². The van der Waals surface area contributed by atoms with Crippen LogP contribution in [0.2, 0.25) is 0 Å². The second-order valence-corrected chi connectivity index (χ2v) is 3.91. The average molecular weight is 228 g/mol. The molecule has 0 fully saturated rings. The third-order valence-electron chi connectivity index (χ3n) is 2.92. The zero-order valence-electron chi connectivity index (χ0n) is 10.2. The van der Waals surface area contributed by atoms with Crippen molar-refractivity contribution in [3.8, 4) is 0 Å². The number of aldehydes is 1. The maximum absolute atomic E-state index is 10.7. The number of rotatable bonds is 4. The van der Waals surface area contributed by atoms with E-state index in [-0.39, 0.29) is 0 Å². The second kappa shape index (κ2) is 4.95. The Morgan fingerprint density at radius 2 is 1.94 bits per heavy atom. The van der Waals surface area contributed by atoms with Crippen molar-refractivity contribution in [3.05, 3.63) is 35.9 Å². The fourth-order valence-electron chi connectivity index (χ4n) is 1.93. The molecule has 0 saturated heterocycles. The number of aromatic nitrogens is 1. The molecule has 0 spiro atoms. The van der Waals surface area contributed by atoms with Crippen molar-refractivity contribution in [1.29, 1.82) is 0 Å². The Kier molecular flexibility index (Phi) is 3.38. The third kappa shape index (κ3) is 2.28. The molecule has 0 aliphatic carbocycles. The highest BCUT2D eigenvalue weighted by Crippen LogP contribution is 2.18. The quantitative estimate of drug-likeness (QED) is 0.754. The summed E-state index contributed by atoms with van der Waals surface area (Å²) in [4.78, 5) is 17.5. The van der Waals surface area contributed by atoms with Crippen LogP contribution in [0, 0.1) is 0 Å². The van der Waals surface area contributed by atoms with Crippen LogP contribution in [0.1, 0.15) is 24.2 Å². The lowest BCUT2D eigenvalue weighted by Gasteiger charge is -2.19. The first-order chi connectivity index (χ1) is 8.28. The molecule has 0 bridgehead atoms. The van der Waals surface area contributed by atoms with Gasteiger partial charge in [0.05, 0.1) is 5.52 Å². The third-order valence-corrected chi connectivity index (χ3v) is 2.92. The Labute approximate surface area is 101 Å². The summed E-state index contributed by atoms with van der Waals surface area (Å²) in [5, 5.41) is 1.01. The predicted molar refractivity (Wildman–Crippen MR) is 70.7 cm³/mol. The number of carbonyl (C=O) groups is 1. The molecule has 17 heavy (non-hydrogen) atoms. The van der Waals surface area contributed by atoms with Crippen molar-refractivity contribution < 1.29 is 4.79 Å². The van der Waals surface area contributed by atoms with Crippen LogP contribution in [0.25, 0.3) is 10.9 Å². The first-order valence-corrected chi connectivity index (χ1v) is 5.89. The van der Waals surface area contributed by atoms with Crippen LogP contribution in [0.5, 0.6) is 0 Å². The van der Waals surface area contributed by atoms with Crippen LogP contribution in [-0.4, -0.2) is 24.4 Å². The van der Waals surface area contributed by atoms with Crippen molar-refractivity contribution in [2.45, 2.75) is 13.8 Å². The molecule has 0 unspecified atom stereocenters. The van der Waals surface area contributed by atoms with Gasteiger partial charge in [-0.25, -0.2) is 4.98 Å². The minimum Gasteiger partial charge on any atom is -0.357 e. The topological polar surface area (TPSA) is 33.2 Å². The van der Waals surface area contributed by atoms with Gasteiger partial charge in [-0.1, -0.05) is 0 Å². The molecule has 0 amide bonds. The lowest BCUT2D eigenvalue weighted by atomic mass is 10.1. The normalized spacial score (nSPS) is 10.5. The van der Waals surface area contributed by atoms with E-state index in [1.165, 1.54) is 0 Å². The van der Waals surface area contributed by atoms with Gasteiger partial charge < -0.3 is 4.90 Å². The summed E-state index contributed by atoms with van der Waals surface area (Å²) in [6.45, 7) is 6.12.